The summed E-state index contributed by atoms with van der Waals surface area (Å²) in [6.45, 7) is 8.74. The van der Waals surface area contributed by atoms with Crippen LogP contribution in [0.4, 0.5) is 13.2 Å². The van der Waals surface area contributed by atoms with Gasteiger partial charge in [-0.25, -0.2) is 0 Å². The highest BCUT2D eigenvalue weighted by Crippen LogP contribution is 2.36. The van der Waals surface area contributed by atoms with Crippen molar-refractivity contribution in [3.63, 3.8) is 0 Å². The van der Waals surface area contributed by atoms with E-state index in [9.17, 15) is 18.0 Å². The van der Waals surface area contributed by atoms with Crippen LogP contribution < -0.4 is 0 Å². The van der Waals surface area contributed by atoms with E-state index in [-0.39, 0.29) is 0 Å². The normalized spacial score (nSPS) is 14.0. The third-order valence-electron chi connectivity index (χ3n) is 2.84. The molecule has 0 aromatic heterocycles. The van der Waals surface area contributed by atoms with Crippen LogP contribution in [-0.2, 0) is 9.53 Å². The van der Waals surface area contributed by atoms with Crippen molar-refractivity contribution < 1.29 is 22.7 Å². The van der Waals surface area contributed by atoms with E-state index in [4.69, 9.17) is 5.41 Å². The Morgan fingerprint density at radius 1 is 1.23 bits per heavy atom. The van der Waals surface area contributed by atoms with Gasteiger partial charge in [0, 0.05) is 0 Å². The summed E-state index contributed by atoms with van der Waals surface area (Å²) in [6.07, 6.45) is 2.45. The maximum atomic E-state index is 11.8. The second-order valence-corrected chi connectivity index (χ2v) is 4.98. The largest absolute Gasteiger partial charge is 0.468 e. The minimum Gasteiger partial charge on any atom is -0.468 e. The number of hydrogen-bond donors (Lipinski definition) is 1. The second-order valence-electron chi connectivity index (χ2n) is 4.98. The molecule has 0 bridgehead atoms. The minimum atomic E-state index is -4.49. The van der Waals surface area contributed by atoms with Gasteiger partial charge in [-0.15, -0.1) is 0 Å². The molecule has 0 spiro atoms. The molecule has 0 aromatic rings. The Hall–Kier alpha value is -1.33. The first-order chi connectivity index (χ1) is 10.2. The Labute approximate surface area is 131 Å². The first kappa shape index (κ1) is 22.9. The van der Waals surface area contributed by atoms with E-state index < -0.39 is 11.9 Å². The van der Waals surface area contributed by atoms with E-state index in [2.05, 4.69) is 18.6 Å². The summed E-state index contributed by atoms with van der Waals surface area (Å²) >= 11 is 0. The fourth-order valence-corrected chi connectivity index (χ4v) is 1.39. The topological polar surface area (TPSA) is 50.1 Å². The van der Waals surface area contributed by atoms with Crippen LogP contribution in [0.15, 0.2) is 11.6 Å². The molecule has 0 aliphatic heterocycles. The van der Waals surface area contributed by atoms with Gasteiger partial charge in [-0.05, 0) is 38.7 Å². The number of halogens is 3. The van der Waals surface area contributed by atoms with Crippen molar-refractivity contribution in [1.29, 1.82) is 5.41 Å². The summed E-state index contributed by atoms with van der Waals surface area (Å²) in [4.78, 5) is 9.18. The van der Waals surface area contributed by atoms with Crippen LogP contribution >= 0.6 is 0 Å². The fourth-order valence-electron chi connectivity index (χ4n) is 1.39. The quantitative estimate of drug-likeness (QED) is 0.532. The van der Waals surface area contributed by atoms with Crippen LogP contribution in [0, 0.1) is 11.3 Å². The van der Waals surface area contributed by atoms with Gasteiger partial charge in [-0.1, -0.05) is 38.7 Å². The summed E-state index contributed by atoms with van der Waals surface area (Å²) in [5.41, 5.74) is -0.566. The van der Waals surface area contributed by atoms with Gasteiger partial charge in [0.05, 0.1) is 6.61 Å². The Balaban J connectivity index is 0. The smallest absolute Gasteiger partial charge is 0.432 e. The fraction of sp³-hybridized carbons (Fsp3) is 0.750. The molecule has 1 N–H and O–H groups in total. The average molecular weight is 323 g/mol. The number of carbonyl (C=O) groups excluding carboxylic acids is 1. The molecule has 0 saturated heterocycles. The summed E-state index contributed by atoms with van der Waals surface area (Å²) in [6, 6.07) is 0. The zero-order chi connectivity index (χ0) is 17.6. The first-order valence-corrected chi connectivity index (χ1v) is 7.63. The maximum Gasteiger partial charge on any atom is 0.432 e. The number of hydrogen-bond acceptors (Lipinski definition) is 3. The highest BCUT2D eigenvalue weighted by molar-refractivity contribution is 5.97. The Kier molecular flexibility index (Phi) is 13.9. The van der Waals surface area contributed by atoms with Crippen molar-refractivity contribution in [3.8, 4) is 0 Å². The van der Waals surface area contributed by atoms with Gasteiger partial charge in [-0.2, -0.15) is 13.2 Å². The molecule has 0 radical (unpaired) electrons. The van der Waals surface area contributed by atoms with Crippen LogP contribution in [0.2, 0.25) is 0 Å². The molecule has 3 nitrogen and oxygen atoms in total. The van der Waals surface area contributed by atoms with Crippen molar-refractivity contribution in [2.75, 3.05) is 6.61 Å². The van der Waals surface area contributed by atoms with E-state index in [1.807, 2.05) is 0 Å². The van der Waals surface area contributed by atoms with Crippen molar-refractivity contribution in [1.82, 2.24) is 0 Å². The number of carbonyl (C=O) groups is 1. The van der Waals surface area contributed by atoms with Gasteiger partial charge in [0.2, 0.25) is 0 Å². The maximum absolute atomic E-state index is 11.8. The highest BCUT2D eigenvalue weighted by atomic mass is 19.4. The molecule has 0 unspecified atom stereocenters. The Bertz CT molecular complexity index is 333. The van der Waals surface area contributed by atoms with Gasteiger partial charge in [0.1, 0.15) is 5.71 Å². The van der Waals surface area contributed by atoms with Crippen LogP contribution in [0.1, 0.15) is 59.8 Å². The summed E-state index contributed by atoms with van der Waals surface area (Å²) in [7, 11) is 0. The van der Waals surface area contributed by atoms with Gasteiger partial charge < -0.3 is 4.74 Å². The van der Waals surface area contributed by atoms with Crippen LogP contribution in [0.25, 0.3) is 0 Å². The highest BCUT2D eigenvalue weighted by Gasteiger charge is 2.34. The number of unbranched alkanes of at least 4 members (excludes halogenated alkanes) is 2. The predicted octanol–water partition coefficient (Wildman–Crippen LogP) is 5.30. The lowest BCUT2D eigenvalue weighted by Gasteiger charge is -2.04. The molecule has 1 rings (SSSR count). The van der Waals surface area contributed by atoms with Gasteiger partial charge in [0.25, 0.3) is 6.47 Å². The van der Waals surface area contributed by atoms with E-state index in [1.54, 1.807) is 13.8 Å². The standard InChI is InChI=1S/C8H10F3N.C5H12.C3H6O2/c1-5(6-2-3-6)4-7(12)8(9,10)11;1-3-5-4-2;1-2-5-3-4/h4,6,12H,2-3H2,1H3;3-5H2,1-2H3;3H,2H2,1H3/b5-4+,12-7?;;. The van der Waals surface area contributed by atoms with Crippen molar-refractivity contribution in [2.45, 2.75) is 66.0 Å². The predicted molar refractivity (Wildman–Crippen MR) is 83.2 cm³/mol. The molecule has 0 amide bonds. The summed E-state index contributed by atoms with van der Waals surface area (Å²) in [5.74, 6) is 0.299. The third kappa shape index (κ3) is 15.1. The van der Waals surface area contributed by atoms with Crippen molar-refractivity contribution >= 4 is 12.2 Å². The lowest BCUT2D eigenvalue weighted by Crippen LogP contribution is -2.19. The SMILES string of the molecule is C/C(=C\C(=N)C(F)(F)F)C1CC1.CCCCC.CCOC=O. The van der Waals surface area contributed by atoms with E-state index in [0.717, 1.165) is 18.9 Å². The number of ether oxygens (including phenoxy) is 1. The van der Waals surface area contributed by atoms with Gasteiger partial charge in [-0.3, -0.25) is 10.2 Å². The van der Waals surface area contributed by atoms with Crippen molar-refractivity contribution in [2.24, 2.45) is 5.92 Å². The molecule has 0 heterocycles. The molecule has 6 heteroatoms. The molecule has 1 aliphatic carbocycles. The zero-order valence-corrected chi connectivity index (χ0v) is 13.9. The average Bonchev–Trinajstić information content (AvgIpc) is 3.25. The van der Waals surface area contributed by atoms with Crippen molar-refractivity contribution in [3.05, 3.63) is 11.6 Å². The number of allylic oxidation sites excluding steroid dienone is 2. The van der Waals surface area contributed by atoms with Crippen LogP contribution in [0.3, 0.4) is 0 Å². The Morgan fingerprint density at radius 3 is 1.91 bits per heavy atom. The molecule has 22 heavy (non-hydrogen) atoms. The monoisotopic (exact) mass is 323 g/mol. The van der Waals surface area contributed by atoms with Gasteiger partial charge >= 0.3 is 6.18 Å². The van der Waals surface area contributed by atoms with E-state index in [0.29, 0.717) is 24.6 Å². The molecule has 1 saturated carbocycles. The van der Waals surface area contributed by atoms with E-state index >= 15 is 0 Å². The van der Waals surface area contributed by atoms with Gasteiger partial charge in [0.15, 0.2) is 0 Å². The molecule has 0 aromatic carbocycles. The lowest BCUT2D eigenvalue weighted by molar-refractivity contribution is -0.128. The van der Waals surface area contributed by atoms with Crippen LogP contribution in [0.5, 0.6) is 0 Å². The number of nitrogens with one attached hydrogen (secondary N) is 1. The molecule has 1 aliphatic rings. The molecule has 1 fully saturated rings. The zero-order valence-electron chi connectivity index (χ0n) is 13.9. The van der Waals surface area contributed by atoms with E-state index in [1.165, 1.54) is 19.3 Å². The number of alkyl halides is 3. The molecular weight excluding hydrogens is 295 g/mol. The minimum absolute atomic E-state index is 0.299. The van der Waals surface area contributed by atoms with Crippen LogP contribution in [-0.4, -0.2) is 25.0 Å². The molecule has 0 atom stereocenters. The molecular formula is C16H28F3NO2. The molecule has 130 valence electrons. The lowest BCUT2D eigenvalue weighted by atomic mass is 10.1. The third-order valence-corrected chi connectivity index (χ3v) is 2.84. The second kappa shape index (κ2) is 13.3. The summed E-state index contributed by atoms with van der Waals surface area (Å²) in [5, 5.41) is 6.69. The number of rotatable bonds is 6. The first-order valence-electron chi connectivity index (χ1n) is 7.63. The Morgan fingerprint density at radius 2 is 1.73 bits per heavy atom. The summed E-state index contributed by atoms with van der Waals surface area (Å²) < 4.78 is 39.6.